The quantitative estimate of drug-likeness (QED) is 0.609. The van der Waals surface area contributed by atoms with E-state index in [0.717, 1.165) is 0 Å². The summed E-state index contributed by atoms with van der Waals surface area (Å²) in [7, 11) is 1.69. The molecule has 0 aliphatic carbocycles. The number of carbonyl (C=O) groups is 2. The van der Waals surface area contributed by atoms with E-state index in [-0.39, 0.29) is 23.7 Å². The normalized spacial score (nSPS) is 27.8. The van der Waals surface area contributed by atoms with Crippen LogP contribution in [0.4, 0.5) is 0 Å². The van der Waals surface area contributed by atoms with Crippen LogP contribution in [-0.2, 0) is 9.59 Å². The molecule has 1 heterocycles. The number of hydrogen-bond acceptors (Lipinski definition) is 2. The first-order valence-corrected chi connectivity index (χ1v) is 4.46. The second kappa shape index (κ2) is 3.73. The molecule has 13 heavy (non-hydrogen) atoms. The lowest BCUT2D eigenvalue weighted by Gasteiger charge is -2.15. The summed E-state index contributed by atoms with van der Waals surface area (Å²) in [5.74, 6) is 0.110. The Balaban J connectivity index is 2.72. The fourth-order valence-electron chi connectivity index (χ4n) is 1.81. The lowest BCUT2D eigenvalue weighted by atomic mass is 10.00. The summed E-state index contributed by atoms with van der Waals surface area (Å²) in [4.78, 5) is 24.2. The summed E-state index contributed by atoms with van der Waals surface area (Å²) in [6.07, 6.45) is 3.06. The number of rotatable bonds is 3. The van der Waals surface area contributed by atoms with Crippen molar-refractivity contribution >= 4 is 11.7 Å². The average Bonchev–Trinajstić information content (AvgIpc) is 2.33. The van der Waals surface area contributed by atoms with Gasteiger partial charge >= 0.3 is 0 Å². The molecule has 72 valence electrons. The third-order valence-corrected chi connectivity index (χ3v) is 2.59. The topological polar surface area (TPSA) is 37.4 Å². The Labute approximate surface area is 78.4 Å². The van der Waals surface area contributed by atoms with Gasteiger partial charge in [-0.1, -0.05) is 6.08 Å². The van der Waals surface area contributed by atoms with Gasteiger partial charge in [0.2, 0.25) is 5.91 Å². The number of allylic oxidation sites excluding steroid dienone is 1. The van der Waals surface area contributed by atoms with Crippen molar-refractivity contribution in [3.63, 3.8) is 0 Å². The number of Topliss-reactive ketones (excluding diaryl/α,β-unsaturated/α-hetero) is 1. The van der Waals surface area contributed by atoms with Gasteiger partial charge in [-0.25, -0.2) is 0 Å². The van der Waals surface area contributed by atoms with Crippen molar-refractivity contribution in [2.24, 2.45) is 5.92 Å². The zero-order valence-electron chi connectivity index (χ0n) is 8.12. The van der Waals surface area contributed by atoms with E-state index in [0.29, 0.717) is 12.8 Å². The summed E-state index contributed by atoms with van der Waals surface area (Å²) in [5.41, 5.74) is 0. The molecule has 0 spiro atoms. The van der Waals surface area contributed by atoms with Crippen LogP contribution >= 0.6 is 0 Å². The van der Waals surface area contributed by atoms with Crippen LogP contribution in [0.5, 0.6) is 0 Å². The smallest absolute Gasteiger partial charge is 0.226 e. The van der Waals surface area contributed by atoms with E-state index in [1.54, 1.807) is 18.0 Å². The molecule has 0 N–H and O–H groups in total. The van der Waals surface area contributed by atoms with Crippen molar-refractivity contribution < 1.29 is 9.59 Å². The standard InChI is InChI=1S/C10H15NO2/c1-4-5-8-6-9(7(2)12)11(3)10(8)13/h4,8-9H,1,5-6H2,2-3H3. The summed E-state index contributed by atoms with van der Waals surface area (Å²) in [6.45, 7) is 5.13. The van der Waals surface area contributed by atoms with Crippen molar-refractivity contribution in [2.75, 3.05) is 7.05 Å². The molecule has 0 bridgehead atoms. The Morgan fingerprint density at radius 1 is 1.77 bits per heavy atom. The molecule has 1 saturated heterocycles. The van der Waals surface area contributed by atoms with Crippen LogP contribution in [0, 0.1) is 5.92 Å². The van der Waals surface area contributed by atoms with Gasteiger partial charge < -0.3 is 4.90 Å². The van der Waals surface area contributed by atoms with Gasteiger partial charge in [-0.2, -0.15) is 0 Å². The maximum Gasteiger partial charge on any atom is 0.226 e. The minimum atomic E-state index is -0.211. The highest BCUT2D eigenvalue weighted by atomic mass is 16.2. The van der Waals surface area contributed by atoms with E-state index in [1.807, 2.05) is 0 Å². The summed E-state index contributed by atoms with van der Waals surface area (Å²) in [5, 5.41) is 0. The number of hydrogen-bond donors (Lipinski definition) is 0. The first-order valence-electron chi connectivity index (χ1n) is 4.46. The lowest BCUT2D eigenvalue weighted by Crippen LogP contribution is -2.34. The highest BCUT2D eigenvalue weighted by Gasteiger charge is 2.38. The van der Waals surface area contributed by atoms with Gasteiger partial charge in [-0.15, -0.1) is 6.58 Å². The summed E-state index contributed by atoms with van der Waals surface area (Å²) < 4.78 is 0. The fraction of sp³-hybridized carbons (Fsp3) is 0.600. The van der Waals surface area contributed by atoms with Crippen LogP contribution in [0.25, 0.3) is 0 Å². The number of likely N-dealkylation sites (N-methyl/N-ethyl adjacent to an activating group) is 1. The van der Waals surface area contributed by atoms with E-state index in [2.05, 4.69) is 6.58 Å². The highest BCUT2D eigenvalue weighted by molar-refractivity contribution is 5.91. The molecule has 1 rings (SSSR count). The number of ketones is 1. The Hall–Kier alpha value is -1.12. The Morgan fingerprint density at radius 2 is 2.38 bits per heavy atom. The monoisotopic (exact) mass is 181 g/mol. The molecule has 3 heteroatoms. The van der Waals surface area contributed by atoms with Crippen LogP contribution in [0.2, 0.25) is 0 Å². The van der Waals surface area contributed by atoms with E-state index < -0.39 is 0 Å². The van der Waals surface area contributed by atoms with Crippen LogP contribution < -0.4 is 0 Å². The molecule has 0 saturated carbocycles. The van der Waals surface area contributed by atoms with E-state index in [9.17, 15) is 9.59 Å². The number of nitrogens with zero attached hydrogens (tertiary/aromatic N) is 1. The van der Waals surface area contributed by atoms with Crippen molar-refractivity contribution in [1.29, 1.82) is 0 Å². The Morgan fingerprint density at radius 3 is 2.77 bits per heavy atom. The molecule has 0 aromatic heterocycles. The highest BCUT2D eigenvalue weighted by Crippen LogP contribution is 2.26. The summed E-state index contributed by atoms with van der Waals surface area (Å²) >= 11 is 0. The Bertz CT molecular complexity index is 247. The van der Waals surface area contributed by atoms with Gasteiger partial charge in [-0.3, -0.25) is 9.59 Å². The number of likely N-dealkylation sites (tertiary alicyclic amines) is 1. The van der Waals surface area contributed by atoms with Crippen molar-refractivity contribution in [3.05, 3.63) is 12.7 Å². The van der Waals surface area contributed by atoms with Crippen LogP contribution in [0.1, 0.15) is 19.8 Å². The number of carbonyl (C=O) groups excluding carboxylic acids is 2. The van der Waals surface area contributed by atoms with E-state index in [4.69, 9.17) is 0 Å². The summed E-state index contributed by atoms with van der Waals surface area (Å²) in [6, 6.07) is -0.211. The van der Waals surface area contributed by atoms with Crippen LogP contribution in [-0.4, -0.2) is 29.7 Å². The Kier molecular flexibility index (Phi) is 2.86. The second-order valence-electron chi connectivity index (χ2n) is 3.53. The fourth-order valence-corrected chi connectivity index (χ4v) is 1.81. The minimum Gasteiger partial charge on any atom is -0.335 e. The molecule has 3 nitrogen and oxygen atoms in total. The van der Waals surface area contributed by atoms with Gasteiger partial charge in [0.25, 0.3) is 0 Å². The molecule has 2 atom stereocenters. The third kappa shape index (κ3) is 1.79. The maximum atomic E-state index is 11.5. The molecular formula is C10H15NO2. The van der Waals surface area contributed by atoms with Crippen LogP contribution in [0.3, 0.4) is 0 Å². The van der Waals surface area contributed by atoms with Crippen molar-refractivity contribution in [1.82, 2.24) is 4.90 Å². The first-order chi connectivity index (χ1) is 6.07. The largest absolute Gasteiger partial charge is 0.335 e. The molecule has 1 fully saturated rings. The van der Waals surface area contributed by atoms with Crippen molar-refractivity contribution in [3.8, 4) is 0 Å². The van der Waals surface area contributed by atoms with Gasteiger partial charge in [0.1, 0.15) is 0 Å². The van der Waals surface area contributed by atoms with E-state index >= 15 is 0 Å². The molecule has 2 unspecified atom stereocenters. The molecular weight excluding hydrogens is 166 g/mol. The third-order valence-electron chi connectivity index (χ3n) is 2.59. The molecule has 1 aliphatic heterocycles. The predicted molar refractivity (Wildman–Crippen MR) is 50.2 cm³/mol. The van der Waals surface area contributed by atoms with E-state index in [1.165, 1.54) is 6.92 Å². The minimum absolute atomic E-state index is 0.0311. The number of amides is 1. The van der Waals surface area contributed by atoms with Crippen LogP contribution in [0.15, 0.2) is 12.7 Å². The molecule has 0 radical (unpaired) electrons. The lowest BCUT2D eigenvalue weighted by molar-refractivity contribution is -0.134. The zero-order chi connectivity index (χ0) is 10.0. The van der Waals surface area contributed by atoms with Crippen molar-refractivity contribution in [2.45, 2.75) is 25.8 Å². The van der Waals surface area contributed by atoms with Gasteiger partial charge in [0.05, 0.1) is 6.04 Å². The molecule has 0 aromatic carbocycles. The van der Waals surface area contributed by atoms with Gasteiger partial charge in [-0.05, 0) is 19.8 Å². The molecule has 1 aliphatic rings. The van der Waals surface area contributed by atoms with Gasteiger partial charge in [0, 0.05) is 13.0 Å². The average molecular weight is 181 g/mol. The zero-order valence-corrected chi connectivity index (χ0v) is 8.12. The SMILES string of the molecule is C=CCC1CC(C(C)=O)N(C)C1=O. The molecule has 0 aromatic rings. The second-order valence-corrected chi connectivity index (χ2v) is 3.53. The van der Waals surface area contributed by atoms with Gasteiger partial charge in [0.15, 0.2) is 5.78 Å². The maximum absolute atomic E-state index is 11.5. The molecule has 1 amide bonds. The first kappa shape index (κ1) is 9.96. The predicted octanol–water partition coefficient (Wildman–Crippen LogP) is 0.998.